The average Bonchev–Trinajstić information content (AvgIpc) is 3.00. The quantitative estimate of drug-likeness (QED) is 0.284. The molecule has 0 spiro atoms. The number of aryl methyl sites for hydroxylation is 1. The van der Waals surface area contributed by atoms with E-state index in [-0.39, 0.29) is 35.1 Å². The number of fused-ring (bicyclic) bond motifs is 1. The number of aliphatic imine (C=N–C) groups is 1. The van der Waals surface area contributed by atoms with E-state index in [1.165, 1.54) is 28.3 Å². The van der Waals surface area contributed by atoms with Crippen LogP contribution in [0.1, 0.15) is 31.4 Å². The van der Waals surface area contributed by atoms with Crippen molar-refractivity contribution in [1.82, 2.24) is 15.6 Å². The fraction of sp³-hybridized carbons (Fsp3) is 0.550. The van der Waals surface area contributed by atoms with Crippen LogP contribution in [0.2, 0.25) is 0 Å². The molecule has 0 unspecified atom stereocenters. The van der Waals surface area contributed by atoms with E-state index in [4.69, 9.17) is 0 Å². The second-order valence-corrected chi connectivity index (χ2v) is 10.2. The number of sulfone groups is 1. The molecule has 28 heavy (non-hydrogen) atoms. The molecule has 1 aromatic carbocycles. The lowest BCUT2D eigenvalue weighted by molar-refractivity contribution is 0.348. The van der Waals surface area contributed by atoms with Crippen LogP contribution in [0.3, 0.4) is 0 Å². The van der Waals surface area contributed by atoms with Crippen LogP contribution in [0.25, 0.3) is 10.9 Å². The van der Waals surface area contributed by atoms with Gasteiger partial charge in [0.2, 0.25) is 0 Å². The minimum Gasteiger partial charge on any atom is -0.361 e. The maximum absolute atomic E-state index is 11.4. The molecule has 0 fully saturated rings. The number of guanidine groups is 1. The third kappa shape index (κ3) is 7.62. The minimum atomic E-state index is -2.94. The Morgan fingerprint density at radius 1 is 1.25 bits per heavy atom. The molecule has 1 aromatic heterocycles. The Balaban J connectivity index is 0.00000392. The summed E-state index contributed by atoms with van der Waals surface area (Å²) in [4.78, 5) is 7.62. The van der Waals surface area contributed by atoms with Gasteiger partial charge in [-0.1, -0.05) is 32.0 Å². The lowest BCUT2D eigenvalue weighted by Gasteiger charge is -2.25. The number of para-hydroxylation sites is 1. The van der Waals surface area contributed by atoms with Crippen molar-refractivity contribution in [3.8, 4) is 0 Å². The monoisotopic (exact) mass is 520 g/mol. The van der Waals surface area contributed by atoms with Crippen molar-refractivity contribution in [1.29, 1.82) is 0 Å². The number of hydrogen-bond donors (Lipinski definition) is 3. The zero-order chi connectivity index (χ0) is 20.1. The van der Waals surface area contributed by atoms with Crippen molar-refractivity contribution in [3.63, 3.8) is 0 Å². The van der Waals surface area contributed by atoms with Gasteiger partial charge in [0, 0.05) is 43.5 Å². The zero-order valence-corrected chi connectivity index (χ0v) is 20.6. The normalized spacial score (nSPS) is 12.7. The molecule has 1 heterocycles. The molecule has 0 bridgehead atoms. The predicted molar refractivity (Wildman–Crippen MR) is 130 cm³/mol. The van der Waals surface area contributed by atoms with Crippen molar-refractivity contribution in [2.45, 2.75) is 33.6 Å². The fourth-order valence-corrected chi connectivity index (χ4v) is 3.90. The first-order valence-electron chi connectivity index (χ1n) is 9.29. The zero-order valence-electron chi connectivity index (χ0n) is 17.4. The highest BCUT2D eigenvalue weighted by Crippen LogP contribution is 2.21. The molecule has 6 nitrogen and oxygen atoms in total. The van der Waals surface area contributed by atoms with Gasteiger partial charge in [-0.15, -0.1) is 24.0 Å². The van der Waals surface area contributed by atoms with Crippen molar-refractivity contribution < 1.29 is 8.42 Å². The number of nitrogens with one attached hydrogen (secondary N) is 3. The van der Waals surface area contributed by atoms with Crippen molar-refractivity contribution >= 4 is 50.7 Å². The first kappa shape index (κ1) is 24.7. The van der Waals surface area contributed by atoms with Crippen molar-refractivity contribution in [2.75, 3.05) is 32.1 Å². The summed E-state index contributed by atoms with van der Waals surface area (Å²) < 4.78 is 22.8. The van der Waals surface area contributed by atoms with Gasteiger partial charge in [0.25, 0.3) is 0 Å². The number of hydrogen-bond acceptors (Lipinski definition) is 3. The van der Waals surface area contributed by atoms with Crippen molar-refractivity contribution in [3.05, 3.63) is 35.5 Å². The summed E-state index contributed by atoms with van der Waals surface area (Å²) in [5, 5.41) is 7.91. The molecule has 0 aliphatic heterocycles. The van der Waals surface area contributed by atoms with E-state index in [0.29, 0.717) is 13.0 Å². The molecule has 0 amide bonds. The second kappa shape index (κ2) is 10.5. The highest BCUT2D eigenvalue weighted by molar-refractivity contribution is 14.0. The van der Waals surface area contributed by atoms with Gasteiger partial charge in [-0.05, 0) is 36.3 Å². The lowest BCUT2D eigenvalue weighted by atomic mass is 9.90. The van der Waals surface area contributed by atoms with Gasteiger partial charge >= 0.3 is 0 Å². The summed E-state index contributed by atoms with van der Waals surface area (Å²) in [6.07, 6.45) is 4.86. The Morgan fingerprint density at radius 3 is 2.61 bits per heavy atom. The minimum absolute atomic E-state index is 0. The van der Waals surface area contributed by atoms with Crippen molar-refractivity contribution in [2.24, 2.45) is 10.4 Å². The molecule has 3 N–H and O–H groups in total. The Morgan fingerprint density at radius 2 is 1.96 bits per heavy atom. The lowest BCUT2D eigenvalue weighted by Crippen LogP contribution is -2.43. The van der Waals surface area contributed by atoms with Crippen LogP contribution in [-0.2, 0) is 16.3 Å². The Kier molecular flexibility index (Phi) is 9.26. The molecule has 0 radical (unpaired) electrons. The largest absolute Gasteiger partial charge is 0.361 e. The number of aromatic amines is 1. The summed E-state index contributed by atoms with van der Waals surface area (Å²) in [6.45, 7) is 7.66. The summed E-state index contributed by atoms with van der Waals surface area (Å²) in [6, 6.07) is 6.34. The molecule has 0 aliphatic carbocycles. The highest BCUT2D eigenvalue weighted by atomic mass is 127. The predicted octanol–water partition coefficient (Wildman–Crippen LogP) is 3.26. The first-order valence-corrected chi connectivity index (χ1v) is 11.4. The smallest absolute Gasteiger partial charge is 0.191 e. The molecule has 0 saturated carbocycles. The van der Waals surface area contributed by atoms with Crippen LogP contribution in [0, 0.1) is 12.3 Å². The van der Waals surface area contributed by atoms with E-state index in [9.17, 15) is 8.42 Å². The number of rotatable bonds is 8. The van der Waals surface area contributed by atoms with Gasteiger partial charge in [0.1, 0.15) is 9.84 Å². The Labute approximate surface area is 185 Å². The van der Waals surface area contributed by atoms with E-state index in [2.05, 4.69) is 65.8 Å². The van der Waals surface area contributed by atoms with Gasteiger partial charge in [-0.2, -0.15) is 0 Å². The Bertz CT molecular complexity index is 904. The molecule has 2 rings (SSSR count). The van der Waals surface area contributed by atoms with E-state index in [1.807, 2.05) is 0 Å². The SMILES string of the molecule is CN=C(NCCc1c[nH]c2c(C)cccc12)NCC(C)(C)CCS(C)(=O)=O.I. The maximum atomic E-state index is 11.4. The number of halogens is 1. The second-order valence-electron chi connectivity index (χ2n) is 7.96. The summed E-state index contributed by atoms with van der Waals surface area (Å²) >= 11 is 0. The molecule has 0 saturated heterocycles. The molecule has 0 aliphatic rings. The highest BCUT2D eigenvalue weighted by Gasteiger charge is 2.20. The molecule has 0 atom stereocenters. The van der Waals surface area contributed by atoms with Gasteiger partial charge in [-0.3, -0.25) is 4.99 Å². The summed E-state index contributed by atoms with van der Waals surface area (Å²) in [5.41, 5.74) is 3.60. The van der Waals surface area contributed by atoms with Crippen LogP contribution in [0.5, 0.6) is 0 Å². The average molecular weight is 520 g/mol. The van der Waals surface area contributed by atoms with Gasteiger partial charge in [0.15, 0.2) is 5.96 Å². The van der Waals surface area contributed by atoms with Crippen LogP contribution in [0.15, 0.2) is 29.4 Å². The number of H-pyrrole nitrogens is 1. The van der Waals surface area contributed by atoms with Crippen LogP contribution < -0.4 is 10.6 Å². The molecular weight excluding hydrogens is 487 g/mol. The number of nitrogens with zero attached hydrogens (tertiary/aromatic N) is 1. The third-order valence-electron chi connectivity index (χ3n) is 4.80. The van der Waals surface area contributed by atoms with E-state index < -0.39 is 9.84 Å². The fourth-order valence-electron chi connectivity index (χ4n) is 2.98. The van der Waals surface area contributed by atoms with Crippen LogP contribution >= 0.6 is 24.0 Å². The molecule has 2 aromatic rings. The van der Waals surface area contributed by atoms with Gasteiger partial charge < -0.3 is 15.6 Å². The van der Waals surface area contributed by atoms with Crippen LogP contribution in [-0.4, -0.2) is 51.5 Å². The molecular formula is C20H33IN4O2S. The summed E-state index contributed by atoms with van der Waals surface area (Å²) in [7, 11) is -1.19. The van der Waals surface area contributed by atoms with E-state index in [1.54, 1.807) is 7.05 Å². The molecule has 8 heteroatoms. The standard InChI is InChI=1S/C20H32N4O2S.HI/c1-15-7-6-8-17-16(13-23-18(15)17)9-11-22-19(21-4)24-14-20(2,3)10-12-27(5,25)26;/h6-8,13,23H,9-12,14H2,1-5H3,(H2,21,22,24);1H. The van der Waals surface area contributed by atoms with Crippen LogP contribution in [0.4, 0.5) is 0 Å². The summed E-state index contributed by atoms with van der Waals surface area (Å²) in [5.74, 6) is 0.937. The molecule has 158 valence electrons. The first-order chi connectivity index (χ1) is 12.6. The van der Waals surface area contributed by atoms with Gasteiger partial charge in [-0.25, -0.2) is 8.42 Å². The number of benzene rings is 1. The van der Waals surface area contributed by atoms with E-state index >= 15 is 0 Å². The maximum Gasteiger partial charge on any atom is 0.191 e. The van der Waals surface area contributed by atoms with E-state index in [0.717, 1.165) is 18.9 Å². The topological polar surface area (TPSA) is 86.3 Å². The number of aromatic nitrogens is 1. The Hall–Kier alpha value is -1.29. The van der Waals surface area contributed by atoms with Gasteiger partial charge in [0.05, 0.1) is 5.75 Å². The third-order valence-corrected chi connectivity index (χ3v) is 5.75.